The van der Waals surface area contributed by atoms with Crippen LogP contribution >= 0.6 is 0 Å². The molecule has 0 saturated heterocycles. The van der Waals surface area contributed by atoms with Crippen molar-refractivity contribution in [1.29, 1.82) is 0 Å². The molecule has 3 heteroatoms. The summed E-state index contributed by atoms with van der Waals surface area (Å²) in [7, 11) is 0. The zero-order valence-corrected chi connectivity index (χ0v) is 20.6. The number of nitrogens with one attached hydrogen (secondary N) is 1. The van der Waals surface area contributed by atoms with E-state index in [4.69, 9.17) is 4.98 Å². The number of para-hydroxylation sites is 1. The molecule has 0 aliphatic carbocycles. The molecule has 0 unspecified atom stereocenters. The Balaban J connectivity index is 1.62. The van der Waals surface area contributed by atoms with E-state index in [0.29, 0.717) is 0 Å². The second-order valence-electron chi connectivity index (χ2n) is 10.1. The third-order valence-electron chi connectivity index (χ3n) is 6.58. The highest BCUT2D eigenvalue weighted by molar-refractivity contribution is 5.99. The van der Waals surface area contributed by atoms with Crippen LogP contribution in [0, 0.1) is 0 Å². The van der Waals surface area contributed by atoms with Gasteiger partial charge in [-0.3, -0.25) is 0 Å². The standard InChI is InChI=1S/C31H33N3/c1-5-6-21-34-28-16-10-15-27(32-26-14-9-12-22-11-7-8-13-25(22)26)29(28)33-30(34)23-17-19-24(20-18-23)31(2,3)4/h7-20,32H,5-6,21H2,1-4H3. The molecule has 0 aliphatic heterocycles. The van der Waals surface area contributed by atoms with Crippen LogP contribution in [0.15, 0.2) is 84.9 Å². The van der Waals surface area contributed by atoms with Crippen molar-refractivity contribution in [2.45, 2.75) is 52.5 Å². The van der Waals surface area contributed by atoms with Crippen molar-refractivity contribution in [3.63, 3.8) is 0 Å². The average Bonchev–Trinajstić information content (AvgIpc) is 3.22. The van der Waals surface area contributed by atoms with Crippen molar-refractivity contribution in [2.75, 3.05) is 5.32 Å². The number of unbranched alkanes of at least 4 members (excludes halogenated alkanes) is 1. The molecule has 0 radical (unpaired) electrons. The maximum Gasteiger partial charge on any atom is 0.141 e. The maximum atomic E-state index is 5.20. The molecule has 0 spiro atoms. The fourth-order valence-corrected chi connectivity index (χ4v) is 4.61. The third-order valence-corrected chi connectivity index (χ3v) is 6.58. The van der Waals surface area contributed by atoms with Crippen LogP contribution in [0.25, 0.3) is 33.2 Å². The fraction of sp³-hybridized carbons (Fsp3) is 0.258. The molecule has 5 aromatic rings. The predicted molar refractivity (Wildman–Crippen MR) is 146 cm³/mol. The van der Waals surface area contributed by atoms with Gasteiger partial charge in [0, 0.05) is 23.2 Å². The summed E-state index contributed by atoms with van der Waals surface area (Å²) in [5.41, 5.74) is 6.97. The summed E-state index contributed by atoms with van der Waals surface area (Å²) >= 11 is 0. The number of rotatable bonds is 6. The number of aryl methyl sites for hydroxylation is 1. The molecular weight excluding hydrogens is 414 g/mol. The maximum absolute atomic E-state index is 5.20. The topological polar surface area (TPSA) is 29.9 Å². The van der Waals surface area contributed by atoms with Gasteiger partial charge in [0.2, 0.25) is 0 Å². The Hall–Kier alpha value is -3.59. The first kappa shape index (κ1) is 22.2. The van der Waals surface area contributed by atoms with Crippen LogP contribution < -0.4 is 5.32 Å². The Morgan fingerprint density at radius 3 is 2.26 bits per heavy atom. The van der Waals surface area contributed by atoms with Gasteiger partial charge in [-0.15, -0.1) is 0 Å². The number of hydrogen-bond donors (Lipinski definition) is 1. The number of hydrogen-bond acceptors (Lipinski definition) is 2. The van der Waals surface area contributed by atoms with Gasteiger partial charge in [0.15, 0.2) is 0 Å². The molecule has 5 rings (SSSR count). The molecule has 0 amide bonds. The highest BCUT2D eigenvalue weighted by Crippen LogP contribution is 2.34. The van der Waals surface area contributed by atoms with E-state index in [-0.39, 0.29) is 5.41 Å². The normalized spacial score (nSPS) is 11.9. The van der Waals surface area contributed by atoms with Crippen LogP contribution in [0.3, 0.4) is 0 Å². The smallest absolute Gasteiger partial charge is 0.141 e. The monoisotopic (exact) mass is 447 g/mol. The molecule has 1 heterocycles. The lowest BCUT2D eigenvalue weighted by atomic mass is 9.87. The molecule has 1 aromatic heterocycles. The predicted octanol–water partition coefficient (Wildman–Crippen LogP) is 8.70. The minimum atomic E-state index is 0.135. The van der Waals surface area contributed by atoms with Gasteiger partial charge in [0.05, 0.1) is 11.2 Å². The molecule has 4 aromatic carbocycles. The van der Waals surface area contributed by atoms with E-state index in [0.717, 1.165) is 47.7 Å². The van der Waals surface area contributed by atoms with E-state index in [1.54, 1.807) is 0 Å². The van der Waals surface area contributed by atoms with Gasteiger partial charge < -0.3 is 9.88 Å². The first-order valence-corrected chi connectivity index (χ1v) is 12.3. The minimum Gasteiger partial charge on any atom is -0.353 e. The van der Waals surface area contributed by atoms with E-state index in [1.165, 1.54) is 21.9 Å². The number of benzene rings is 4. The summed E-state index contributed by atoms with van der Waals surface area (Å²) in [4.78, 5) is 5.20. The van der Waals surface area contributed by atoms with Crippen LogP contribution in [-0.2, 0) is 12.0 Å². The van der Waals surface area contributed by atoms with Crippen molar-refractivity contribution >= 4 is 33.2 Å². The van der Waals surface area contributed by atoms with Crippen molar-refractivity contribution in [1.82, 2.24) is 9.55 Å². The van der Waals surface area contributed by atoms with Gasteiger partial charge >= 0.3 is 0 Å². The molecule has 0 atom stereocenters. The Morgan fingerprint density at radius 2 is 1.50 bits per heavy atom. The van der Waals surface area contributed by atoms with Gasteiger partial charge in [-0.25, -0.2) is 4.98 Å². The highest BCUT2D eigenvalue weighted by Gasteiger charge is 2.17. The molecule has 172 valence electrons. The third kappa shape index (κ3) is 4.19. The zero-order valence-electron chi connectivity index (χ0n) is 20.6. The van der Waals surface area contributed by atoms with Crippen LogP contribution in [0.5, 0.6) is 0 Å². The van der Waals surface area contributed by atoms with Gasteiger partial charge in [-0.05, 0) is 41.0 Å². The molecule has 34 heavy (non-hydrogen) atoms. The van der Waals surface area contributed by atoms with E-state index >= 15 is 0 Å². The lowest BCUT2D eigenvalue weighted by Crippen LogP contribution is -2.10. The first-order chi connectivity index (χ1) is 16.5. The van der Waals surface area contributed by atoms with E-state index in [1.807, 2.05) is 0 Å². The summed E-state index contributed by atoms with van der Waals surface area (Å²) in [6, 6.07) is 30.3. The molecule has 0 saturated carbocycles. The summed E-state index contributed by atoms with van der Waals surface area (Å²) in [6.45, 7) is 9.96. The van der Waals surface area contributed by atoms with E-state index in [9.17, 15) is 0 Å². The summed E-state index contributed by atoms with van der Waals surface area (Å²) in [6.07, 6.45) is 2.27. The quantitative estimate of drug-likeness (QED) is 0.282. The Morgan fingerprint density at radius 1 is 0.794 bits per heavy atom. The average molecular weight is 448 g/mol. The summed E-state index contributed by atoms with van der Waals surface area (Å²) in [5.74, 6) is 1.04. The van der Waals surface area contributed by atoms with Crippen LogP contribution in [0.4, 0.5) is 11.4 Å². The zero-order chi connectivity index (χ0) is 23.7. The SMILES string of the molecule is CCCCn1c(-c2ccc(C(C)(C)C)cc2)nc2c(Nc3cccc4ccccc34)cccc21. The second kappa shape index (κ2) is 8.98. The van der Waals surface area contributed by atoms with Crippen LogP contribution in [0.1, 0.15) is 46.1 Å². The van der Waals surface area contributed by atoms with E-state index < -0.39 is 0 Å². The van der Waals surface area contributed by atoms with E-state index in [2.05, 4.69) is 123 Å². The lowest BCUT2D eigenvalue weighted by Gasteiger charge is -2.19. The molecule has 0 bridgehead atoms. The minimum absolute atomic E-state index is 0.135. The van der Waals surface area contributed by atoms with Crippen molar-refractivity contribution in [3.8, 4) is 11.4 Å². The van der Waals surface area contributed by atoms with Crippen LogP contribution in [0.2, 0.25) is 0 Å². The lowest BCUT2D eigenvalue weighted by molar-refractivity contribution is 0.590. The molecule has 0 aliphatic rings. The van der Waals surface area contributed by atoms with Gasteiger partial charge in [0.25, 0.3) is 0 Å². The van der Waals surface area contributed by atoms with Gasteiger partial charge in [0.1, 0.15) is 11.3 Å². The number of fused-ring (bicyclic) bond motifs is 2. The molecule has 0 fully saturated rings. The second-order valence-corrected chi connectivity index (χ2v) is 10.1. The number of nitrogens with zero attached hydrogens (tertiary/aromatic N) is 2. The Kier molecular flexibility index (Phi) is 5.87. The number of imidazole rings is 1. The van der Waals surface area contributed by atoms with Crippen LogP contribution in [-0.4, -0.2) is 9.55 Å². The Bertz CT molecular complexity index is 1430. The van der Waals surface area contributed by atoms with Crippen molar-refractivity contribution in [3.05, 3.63) is 90.5 Å². The van der Waals surface area contributed by atoms with Gasteiger partial charge in [-0.1, -0.05) is 101 Å². The molecule has 1 N–H and O–H groups in total. The van der Waals surface area contributed by atoms with Gasteiger partial charge in [-0.2, -0.15) is 0 Å². The highest BCUT2D eigenvalue weighted by atomic mass is 15.1. The molecule has 3 nitrogen and oxygen atoms in total. The number of aromatic nitrogens is 2. The summed E-state index contributed by atoms with van der Waals surface area (Å²) < 4.78 is 2.39. The Labute approximate surface area is 202 Å². The molecular formula is C31H33N3. The summed E-state index contributed by atoms with van der Waals surface area (Å²) in [5, 5.41) is 6.13. The van der Waals surface area contributed by atoms with Crippen molar-refractivity contribution < 1.29 is 0 Å². The fourth-order valence-electron chi connectivity index (χ4n) is 4.61. The first-order valence-electron chi connectivity index (χ1n) is 12.3. The van der Waals surface area contributed by atoms with Crippen molar-refractivity contribution in [2.24, 2.45) is 0 Å². The number of anilines is 2. The largest absolute Gasteiger partial charge is 0.353 e.